The molecular formula is C13H16N2O. The number of hydrogen-bond donors (Lipinski definition) is 1. The van der Waals surface area contributed by atoms with E-state index in [1.807, 2.05) is 13.1 Å². The molecule has 16 heavy (non-hydrogen) atoms. The normalized spacial score (nSPS) is 10.7. The molecule has 0 fully saturated rings. The van der Waals surface area contributed by atoms with Gasteiger partial charge in [-0.05, 0) is 38.1 Å². The molecular weight excluding hydrogens is 200 g/mol. The van der Waals surface area contributed by atoms with E-state index in [2.05, 4.69) is 42.5 Å². The van der Waals surface area contributed by atoms with Gasteiger partial charge in [0.25, 0.3) is 0 Å². The van der Waals surface area contributed by atoms with Crippen LogP contribution in [0.5, 0.6) is 0 Å². The highest BCUT2D eigenvalue weighted by Gasteiger charge is 2.06. The first-order valence-electron chi connectivity index (χ1n) is 5.38. The highest BCUT2D eigenvalue weighted by molar-refractivity contribution is 5.59. The van der Waals surface area contributed by atoms with Crippen LogP contribution in [0.25, 0.3) is 11.3 Å². The average Bonchev–Trinajstić information content (AvgIpc) is 2.71. The predicted octanol–water partition coefficient (Wildman–Crippen LogP) is 2.68. The Morgan fingerprint density at radius 3 is 2.69 bits per heavy atom. The average molecular weight is 216 g/mol. The molecule has 0 saturated heterocycles. The summed E-state index contributed by atoms with van der Waals surface area (Å²) in [5.74, 6) is 0.827. The van der Waals surface area contributed by atoms with Crippen molar-refractivity contribution in [3.63, 3.8) is 0 Å². The van der Waals surface area contributed by atoms with Crippen LogP contribution in [0.2, 0.25) is 0 Å². The maximum absolute atomic E-state index is 5.31. The third-order valence-electron chi connectivity index (χ3n) is 2.71. The van der Waals surface area contributed by atoms with Crippen molar-refractivity contribution in [3.8, 4) is 11.3 Å². The zero-order valence-corrected chi connectivity index (χ0v) is 9.87. The number of rotatable bonds is 3. The molecule has 2 aromatic rings. The lowest BCUT2D eigenvalue weighted by atomic mass is 10.0. The lowest BCUT2D eigenvalue weighted by molar-refractivity contribution is 0.421. The lowest BCUT2D eigenvalue weighted by Crippen LogP contribution is -2.04. The third-order valence-corrected chi connectivity index (χ3v) is 2.71. The Kier molecular flexibility index (Phi) is 3.06. The molecule has 0 aliphatic carbocycles. The Bertz CT molecular complexity index is 488. The van der Waals surface area contributed by atoms with E-state index in [4.69, 9.17) is 4.52 Å². The van der Waals surface area contributed by atoms with E-state index in [1.165, 1.54) is 11.1 Å². The molecule has 1 aromatic heterocycles. The number of benzene rings is 1. The van der Waals surface area contributed by atoms with Crippen LogP contribution in [0.4, 0.5) is 0 Å². The molecule has 1 heterocycles. The van der Waals surface area contributed by atoms with Crippen LogP contribution >= 0.6 is 0 Å². The van der Waals surface area contributed by atoms with Crippen LogP contribution in [0.1, 0.15) is 16.8 Å². The molecule has 84 valence electrons. The van der Waals surface area contributed by atoms with Crippen LogP contribution in [-0.2, 0) is 6.54 Å². The molecule has 0 aliphatic heterocycles. The molecule has 0 amide bonds. The molecule has 1 N–H and O–H groups in total. The Morgan fingerprint density at radius 1 is 1.19 bits per heavy atom. The first-order valence-corrected chi connectivity index (χ1v) is 5.38. The lowest BCUT2D eigenvalue weighted by Gasteiger charge is -2.01. The summed E-state index contributed by atoms with van der Waals surface area (Å²) in [4.78, 5) is 0. The molecule has 0 radical (unpaired) electrons. The summed E-state index contributed by atoms with van der Waals surface area (Å²) in [6, 6.07) is 8.26. The van der Waals surface area contributed by atoms with Gasteiger partial charge >= 0.3 is 0 Å². The molecule has 1 aromatic carbocycles. The molecule has 0 atom stereocenters. The zero-order chi connectivity index (χ0) is 11.5. The van der Waals surface area contributed by atoms with Crippen molar-refractivity contribution >= 4 is 0 Å². The van der Waals surface area contributed by atoms with Gasteiger partial charge in [0.15, 0.2) is 5.76 Å². The van der Waals surface area contributed by atoms with E-state index in [1.54, 1.807) is 0 Å². The highest BCUT2D eigenvalue weighted by Crippen LogP contribution is 2.22. The Labute approximate surface area is 95.5 Å². The summed E-state index contributed by atoms with van der Waals surface area (Å²) in [6.07, 6.45) is 0. The van der Waals surface area contributed by atoms with E-state index >= 15 is 0 Å². The van der Waals surface area contributed by atoms with Gasteiger partial charge in [-0.3, -0.25) is 0 Å². The van der Waals surface area contributed by atoms with Crippen molar-refractivity contribution in [2.75, 3.05) is 7.05 Å². The topological polar surface area (TPSA) is 38.1 Å². The van der Waals surface area contributed by atoms with Crippen molar-refractivity contribution in [3.05, 3.63) is 41.1 Å². The van der Waals surface area contributed by atoms with Gasteiger partial charge in [-0.15, -0.1) is 0 Å². The van der Waals surface area contributed by atoms with Crippen molar-refractivity contribution in [1.82, 2.24) is 10.5 Å². The smallest absolute Gasteiger partial charge is 0.167 e. The second kappa shape index (κ2) is 4.49. The zero-order valence-electron chi connectivity index (χ0n) is 9.87. The number of aromatic nitrogens is 1. The van der Waals surface area contributed by atoms with Gasteiger partial charge in [0.1, 0.15) is 0 Å². The van der Waals surface area contributed by atoms with Crippen molar-refractivity contribution in [2.24, 2.45) is 0 Å². The summed E-state index contributed by atoms with van der Waals surface area (Å²) < 4.78 is 5.31. The maximum atomic E-state index is 5.31. The second-order valence-electron chi connectivity index (χ2n) is 4.01. The largest absolute Gasteiger partial charge is 0.356 e. The molecule has 3 heteroatoms. The van der Waals surface area contributed by atoms with Gasteiger partial charge in [0.05, 0.1) is 5.69 Å². The standard InChI is InChI=1S/C13H16N2O/c1-9-4-5-11(6-10(9)2)13-7-12(8-14-3)15-16-13/h4-7,14H,8H2,1-3H3. The first kappa shape index (κ1) is 10.9. The fourth-order valence-corrected chi connectivity index (χ4v) is 1.61. The van der Waals surface area contributed by atoms with Crippen molar-refractivity contribution in [1.29, 1.82) is 0 Å². The monoisotopic (exact) mass is 216 g/mol. The van der Waals surface area contributed by atoms with E-state index in [0.717, 1.165) is 23.6 Å². The molecule has 3 nitrogen and oxygen atoms in total. The summed E-state index contributed by atoms with van der Waals surface area (Å²) in [5.41, 5.74) is 4.57. The minimum Gasteiger partial charge on any atom is -0.356 e. The van der Waals surface area contributed by atoms with Crippen LogP contribution in [0.3, 0.4) is 0 Å². The van der Waals surface area contributed by atoms with Crippen LogP contribution < -0.4 is 5.32 Å². The Hall–Kier alpha value is -1.61. The molecule has 0 saturated carbocycles. The first-order chi connectivity index (χ1) is 7.70. The predicted molar refractivity (Wildman–Crippen MR) is 64.2 cm³/mol. The van der Waals surface area contributed by atoms with Gasteiger partial charge < -0.3 is 9.84 Å². The summed E-state index contributed by atoms with van der Waals surface area (Å²) in [7, 11) is 1.89. The maximum Gasteiger partial charge on any atom is 0.167 e. The van der Waals surface area contributed by atoms with E-state index in [-0.39, 0.29) is 0 Å². The molecule has 0 unspecified atom stereocenters. The van der Waals surface area contributed by atoms with Crippen LogP contribution in [-0.4, -0.2) is 12.2 Å². The van der Waals surface area contributed by atoms with E-state index in [9.17, 15) is 0 Å². The Balaban J connectivity index is 2.31. The number of aryl methyl sites for hydroxylation is 2. The summed E-state index contributed by atoms with van der Waals surface area (Å²) in [5, 5.41) is 7.04. The fourth-order valence-electron chi connectivity index (χ4n) is 1.61. The quantitative estimate of drug-likeness (QED) is 0.857. The second-order valence-corrected chi connectivity index (χ2v) is 4.01. The number of hydrogen-bond acceptors (Lipinski definition) is 3. The van der Waals surface area contributed by atoms with E-state index in [0.29, 0.717) is 0 Å². The third kappa shape index (κ3) is 2.14. The van der Waals surface area contributed by atoms with E-state index < -0.39 is 0 Å². The van der Waals surface area contributed by atoms with Crippen LogP contribution in [0, 0.1) is 13.8 Å². The fraction of sp³-hybridized carbons (Fsp3) is 0.308. The summed E-state index contributed by atoms with van der Waals surface area (Å²) >= 11 is 0. The van der Waals surface area contributed by atoms with Crippen molar-refractivity contribution in [2.45, 2.75) is 20.4 Å². The van der Waals surface area contributed by atoms with Crippen molar-refractivity contribution < 1.29 is 4.52 Å². The van der Waals surface area contributed by atoms with Gasteiger partial charge in [-0.1, -0.05) is 17.3 Å². The molecule has 0 spiro atoms. The Morgan fingerprint density at radius 2 is 2.00 bits per heavy atom. The number of nitrogens with one attached hydrogen (secondary N) is 1. The van der Waals surface area contributed by atoms with Gasteiger partial charge in [0, 0.05) is 18.2 Å². The molecule has 0 bridgehead atoms. The number of nitrogens with zero attached hydrogens (tertiary/aromatic N) is 1. The SMILES string of the molecule is CNCc1cc(-c2ccc(C)c(C)c2)on1. The molecule has 2 rings (SSSR count). The van der Waals surface area contributed by atoms with Gasteiger partial charge in [-0.2, -0.15) is 0 Å². The minimum absolute atomic E-state index is 0.730. The van der Waals surface area contributed by atoms with Gasteiger partial charge in [0.2, 0.25) is 0 Å². The van der Waals surface area contributed by atoms with Gasteiger partial charge in [-0.25, -0.2) is 0 Å². The minimum atomic E-state index is 0.730. The summed E-state index contributed by atoms with van der Waals surface area (Å²) in [6.45, 7) is 4.93. The molecule has 0 aliphatic rings. The van der Waals surface area contributed by atoms with Crippen LogP contribution in [0.15, 0.2) is 28.8 Å². The highest BCUT2D eigenvalue weighted by atomic mass is 16.5.